The number of hydrogen-bond acceptors (Lipinski definition) is 4. The lowest BCUT2D eigenvalue weighted by atomic mass is 10.0. The number of rotatable bonds is 7. The summed E-state index contributed by atoms with van der Waals surface area (Å²) in [5.74, 6) is 0.980. The zero-order valence-corrected chi connectivity index (χ0v) is 18.8. The van der Waals surface area contributed by atoms with Crippen molar-refractivity contribution >= 4 is 29.8 Å². The van der Waals surface area contributed by atoms with E-state index < -0.39 is 0 Å². The van der Waals surface area contributed by atoms with Crippen LogP contribution in [0.4, 0.5) is 5.69 Å². The maximum atomic E-state index is 13.1. The third-order valence-electron chi connectivity index (χ3n) is 5.09. The van der Waals surface area contributed by atoms with Gasteiger partial charge in [0, 0.05) is 16.8 Å². The van der Waals surface area contributed by atoms with E-state index in [1.54, 1.807) is 12.1 Å². The van der Waals surface area contributed by atoms with Crippen molar-refractivity contribution in [2.45, 2.75) is 6.92 Å². The van der Waals surface area contributed by atoms with Gasteiger partial charge in [-0.2, -0.15) is 0 Å². The van der Waals surface area contributed by atoms with Crippen molar-refractivity contribution < 1.29 is 19.0 Å². The Morgan fingerprint density at radius 2 is 1.53 bits per heavy atom. The fraction of sp³-hybridized carbons (Fsp3) is 0.148. The Bertz CT molecular complexity index is 1240. The lowest BCUT2D eigenvalue weighted by molar-refractivity contribution is 0.102. The lowest BCUT2D eigenvalue weighted by Crippen LogP contribution is -2.22. The van der Waals surface area contributed by atoms with Gasteiger partial charge in [-0.3, -0.25) is 4.79 Å². The zero-order valence-electron chi connectivity index (χ0n) is 18.8. The number of para-hydroxylation sites is 1. The first-order valence-electron chi connectivity index (χ1n) is 10.1. The van der Waals surface area contributed by atoms with Crippen LogP contribution in [0.2, 0.25) is 0 Å². The molecule has 0 saturated carbocycles. The summed E-state index contributed by atoms with van der Waals surface area (Å²) in [6.45, 7) is 6.06. The number of benzene rings is 3. The summed E-state index contributed by atoms with van der Waals surface area (Å²) in [5, 5.41) is 4.97. The van der Waals surface area contributed by atoms with Crippen LogP contribution in [-0.2, 0) is 0 Å². The van der Waals surface area contributed by atoms with Crippen molar-refractivity contribution in [3.05, 3.63) is 88.3 Å². The van der Waals surface area contributed by atoms with Crippen molar-refractivity contribution in [2.75, 3.05) is 26.6 Å². The summed E-state index contributed by atoms with van der Waals surface area (Å²) >= 11 is 0. The van der Waals surface area contributed by atoms with Gasteiger partial charge in [0.25, 0.3) is 5.91 Å². The first-order chi connectivity index (χ1) is 15.5. The first-order valence-corrected chi connectivity index (χ1v) is 10.1. The Balaban J connectivity index is 2.00. The van der Waals surface area contributed by atoms with Crippen LogP contribution in [0.1, 0.15) is 22.8 Å². The standard InChI is InChI=1S/C27H27NO4/c1-6-19(15-20-12-8-7-11-18(20)2)22-13-9-10-14-23(22)28-27(29)21-16-24(30-3)26(32-5)25(17-21)31-4/h6-17H,2H2,1,3-5H3,(H,28,29)/b19-6+,20-15-. The maximum Gasteiger partial charge on any atom is 0.255 e. The number of amides is 1. The Morgan fingerprint density at radius 3 is 2.12 bits per heavy atom. The first kappa shape index (κ1) is 22.7. The number of anilines is 1. The number of nitrogens with one attached hydrogen (secondary N) is 1. The smallest absolute Gasteiger partial charge is 0.255 e. The minimum absolute atomic E-state index is 0.287. The van der Waals surface area contributed by atoms with Crippen LogP contribution in [0.3, 0.4) is 0 Å². The third kappa shape index (κ3) is 4.83. The Morgan fingerprint density at radius 1 is 0.906 bits per heavy atom. The molecule has 0 spiro atoms. The van der Waals surface area contributed by atoms with Crippen molar-refractivity contribution in [3.63, 3.8) is 0 Å². The molecule has 3 aromatic carbocycles. The van der Waals surface area contributed by atoms with E-state index in [-0.39, 0.29) is 5.91 Å². The second kappa shape index (κ2) is 10.4. The summed E-state index contributed by atoms with van der Waals surface area (Å²) in [6.07, 6.45) is 4.07. The molecule has 0 radical (unpaired) electrons. The van der Waals surface area contributed by atoms with Crippen molar-refractivity contribution in [2.24, 2.45) is 0 Å². The summed E-state index contributed by atoms with van der Waals surface area (Å²) in [4.78, 5) is 13.1. The van der Waals surface area contributed by atoms with E-state index in [9.17, 15) is 4.79 Å². The van der Waals surface area contributed by atoms with Gasteiger partial charge < -0.3 is 19.5 Å². The molecule has 0 aliphatic carbocycles. The fourth-order valence-corrected chi connectivity index (χ4v) is 3.41. The highest BCUT2D eigenvalue weighted by Crippen LogP contribution is 2.38. The highest BCUT2D eigenvalue weighted by molar-refractivity contribution is 6.07. The van der Waals surface area contributed by atoms with Crippen LogP contribution >= 0.6 is 0 Å². The molecule has 0 aliphatic heterocycles. The predicted octanol–water partition coefficient (Wildman–Crippen LogP) is 4.26. The highest BCUT2D eigenvalue weighted by atomic mass is 16.5. The Labute approximate surface area is 188 Å². The summed E-state index contributed by atoms with van der Waals surface area (Å²) in [5.41, 5.74) is 2.96. The molecule has 0 aliphatic rings. The SMILES string of the molecule is C=c1cccc/c1=C/C(=C\C)c1ccccc1NC(=O)c1cc(OC)c(OC)c(OC)c1. The van der Waals surface area contributed by atoms with E-state index in [0.29, 0.717) is 28.5 Å². The van der Waals surface area contributed by atoms with E-state index in [4.69, 9.17) is 14.2 Å². The minimum Gasteiger partial charge on any atom is -0.493 e. The number of hydrogen-bond donors (Lipinski definition) is 1. The van der Waals surface area contributed by atoms with Gasteiger partial charge in [0.05, 0.1) is 21.3 Å². The van der Waals surface area contributed by atoms with Gasteiger partial charge in [-0.25, -0.2) is 0 Å². The van der Waals surface area contributed by atoms with Crippen molar-refractivity contribution in [1.29, 1.82) is 0 Å². The van der Waals surface area contributed by atoms with E-state index in [1.807, 2.05) is 61.5 Å². The second-order valence-corrected chi connectivity index (χ2v) is 7.00. The summed E-state index contributed by atoms with van der Waals surface area (Å²) < 4.78 is 16.1. The van der Waals surface area contributed by atoms with Crippen LogP contribution in [0.25, 0.3) is 18.2 Å². The van der Waals surface area contributed by atoms with E-state index in [0.717, 1.165) is 21.6 Å². The molecule has 0 bridgehead atoms. The molecule has 0 heterocycles. The largest absolute Gasteiger partial charge is 0.493 e. The van der Waals surface area contributed by atoms with E-state index >= 15 is 0 Å². The molecular weight excluding hydrogens is 402 g/mol. The van der Waals surface area contributed by atoms with Crippen molar-refractivity contribution in [1.82, 2.24) is 0 Å². The molecule has 0 unspecified atom stereocenters. The van der Waals surface area contributed by atoms with Crippen LogP contribution in [0.5, 0.6) is 17.2 Å². The molecule has 0 aromatic heterocycles. The molecule has 3 rings (SSSR count). The van der Waals surface area contributed by atoms with E-state index in [2.05, 4.69) is 18.0 Å². The topological polar surface area (TPSA) is 56.8 Å². The normalized spacial score (nSPS) is 11.8. The van der Waals surface area contributed by atoms with Crippen molar-refractivity contribution in [3.8, 4) is 17.2 Å². The highest BCUT2D eigenvalue weighted by Gasteiger charge is 2.18. The molecule has 5 heteroatoms. The molecule has 164 valence electrons. The molecule has 0 fully saturated rings. The quantitative estimate of drug-likeness (QED) is 0.610. The van der Waals surface area contributed by atoms with Crippen LogP contribution in [-0.4, -0.2) is 27.2 Å². The fourth-order valence-electron chi connectivity index (χ4n) is 3.41. The number of carbonyl (C=O) groups excluding carboxylic acids is 1. The van der Waals surface area contributed by atoms with Gasteiger partial charge in [-0.05, 0) is 47.2 Å². The van der Waals surface area contributed by atoms with Crippen LogP contribution in [0, 0.1) is 0 Å². The monoisotopic (exact) mass is 429 g/mol. The predicted molar refractivity (Wildman–Crippen MR) is 130 cm³/mol. The number of allylic oxidation sites excluding steroid dienone is 2. The maximum absolute atomic E-state index is 13.1. The Hall–Kier alpha value is -3.99. The van der Waals surface area contributed by atoms with Gasteiger partial charge in [0.2, 0.25) is 5.75 Å². The molecule has 3 aromatic rings. The summed E-state index contributed by atoms with van der Waals surface area (Å²) in [7, 11) is 4.56. The molecule has 1 N–H and O–H groups in total. The molecule has 0 atom stereocenters. The second-order valence-electron chi connectivity index (χ2n) is 7.00. The number of carbonyl (C=O) groups is 1. The number of methoxy groups -OCH3 is 3. The molecule has 0 saturated heterocycles. The van der Waals surface area contributed by atoms with Gasteiger partial charge in [-0.1, -0.05) is 55.1 Å². The van der Waals surface area contributed by atoms with Crippen LogP contribution in [0.15, 0.2) is 66.7 Å². The van der Waals surface area contributed by atoms with Gasteiger partial charge in [-0.15, -0.1) is 0 Å². The van der Waals surface area contributed by atoms with E-state index in [1.165, 1.54) is 21.3 Å². The van der Waals surface area contributed by atoms with Gasteiger partial charge in [0.15, 0.2) is 11.5 Å². The zero-order chi connectivity index (χ0) is 23.1. The Kier molecular flexibility index (Phi) is 7.34. The van der Waals surface area contributed by atoms with Gasteiger partial charge in [0.1, 0.15) is 0 Å². The lowest BCUT2D eigenvalue weighted by Gasteiger charge is -2.15. The summed E-state index contributed by atoms with van der Waals surface area (Å²) in [6, 6.07) is 18.9. The molecular formula is C27H27NO4. The van der Waals surface area contributed by atoms with Gasteiger partial charge >= 0.3 is 0 Å². The third-order valence-corrected chi connectivity index (χ3v) is 5.09. The minimum atomic E-state index is -0.287. The average molecular weight is 430 g/mol. The molecule has 1 amide bonds. The number of ether oxygens (including phenoxy) is 3. The van der Waals surface area contributed by atoms with Crippen LogP contribution < -0.4 is 30.0 Å². The average Bonchev–Trinajstić information content (AvgIpc) is 2.83. The molecule has 32 heavy (non-hydrogen) atoms. The molecule has 5 nitrogen and oxygen atoms in total.